The van der Waals surface area contributed by atoms with Crippen LogP contribution in [0.1, 0.15) is 10.4 Å². The normalized spacial score (nSPS) is 10.3. The van der Waals surface area contributed by atoms with Crippen molar-refractivity contribution in [1.82, 2.24) is 4.57 Å². The molecule has 0 unspecified atom stereocenters. The molecule has 0 aliphatic heterocycles. The van der Waals surface area contributed by atoms with E-state index < -0.39 is 5.91 Å². The number of carbonyl (C=O) groups excluding carboxylic acids is 1. The van der Waals surface area contributed by atoms with Gasteiger partial charge in [-0.25, -0.2) is 0 Å². The van der Waals surface area contributed by atoms with Crippen LogP contribution in [-0.4, -0.2) is 16.4 Å². The van der Waals surface area contributed by atoms with E-state index in [0.29, 0.717) is 5.56 Å². The van der Waals surface area contributed by atoms with Gasteiger partial charge < -0.3 is 16.0 Å². The SMILES string of the molecule is Cn1ccc2cccc(C(=O)N=C(N)N)c21. The molecule has 0 spiro atoms. The summed E-state index contributed by atoms with van der Waals surface area (Å²) in [5.74, 6) is -0.649. The van der Waals surface area contributed by atoms with Crippen LogP contribution in [0.4, 0.5) is 0 Å². The average molecular weight is 216 g/mol. The number of para-hydroxylation sites is 1. The van der Waals surface area contributed by atoms with E-state index in [1.54, 1.807) is 12.1 Å². The molecule has 5 nitrogen and oxygen atoms in total. The molecule has 0 fully saturated rings. The van der Waals surface area contributed by atoms with E-state index in [2.05, 4.69) is 4.99 Å². The Balaban J connectivity index is 2.64. The van der Waals surface area contributed by atoms with Crippen LogP contribution in [0.15, 0.2) is 35.5 Å². The smallest absolute Gasteiger partial charge is 0.282 e. The quantitative estimate of drug-likeness (QED) is 0.540. The van der Waals surface area contributed by atoms with Gasteiger partial charge in [0.25, 0.3) is 5.91 Å². The average Bonchev–Trinajstić information content (AvgIpc) is 2.59. The maximum Gasteiger partial charge on any atom is 0.282 e. The van der Waals surface area contributed by atoms with Crippen molar-refractivity contribution in [2.75, 3.05) is 0 Å². The van der Waals surface area contributed by atoms with Crippen LogP contribution in [0.3, 0.4) is 0 Å². The molecule has 0 bridgehead atoms. The Kier molecular flexibility index (Phi) is 2.36. The van der Waals surface area contributed by atoms with Gasteiger partial charge in [0.15, 0.2) is 5.96 Å². The molecule has 4 N–H and O–H groups in total. The van der Waals surface area contributed by atoms with E-state index >= 15 is 0 Å². The first-order valence-electron chi connectivity index (χ1n) is 4.77. The van der Waals surface area contributed by atoms with Crippen molar-refractivity contribution in [2.45, 2.75) is 0 Å². The molecular formula is C11H12N4O. The van der Waals surface area contributed by atoms with Gasteiger partial charge in [-0.3, -0.25) is 4.79 Å². The number of aliphatic imine (C=N–C) groups is 1. The van der Waals surface area contributed by atoms with E-state index in [1.807, 2.05) is 29.9 Å². The van der Waals surface area contributed by atoms with Crippen molar-refractivity contribution in [2.24, 2.45) is 23.5 Å². The number of carbonyl (C=O) groups is 1. The number of aryl methyl sites for hydroxylation is 1. The van der Waals surface area contributed by atoms with Crippen LogP contribution >= 0.6 is 0 Å². The number of rotatable bonds is 1. The fraction of sp³-hybridized carbons (Fsp3) is 0.0909. The van der Waals surface area contributed by atoms with Crippen LogP contribution < -0.4 is 11.5 Å². The number of hydrogen-bond acceptors (Lipinski definition) is 1. The lowest BCUT2D eigenvalue weighted by Crippen LogP contribution is -2.24. The largest absolute Gasteiger partial charge is 0.370 e. The number of fused-ring (bicyclic) bond motifs is 1. The molecule has 1 heterocycles. The Labute approximate surface area is 92.4 Å². The molecule has 82 valence electrons. The Bertz CT molecular complexity index is 579. The van der Waals surface area contributed by atoms with Crippen LogP contribution in [0, 0.1) is 0 Å². The number of amides is 1. The first-order valence-corrected chi connectivity index (χ1v) is 4.77. The summed E-state index contributed by atoms with van der Waals surface area (Å²) in [5, 5.41) is 0.985. The van der Waals surface area contributed by atoms with Gasteiger partial charge >= 0.3 is 0 Å². The van der Waals surface area contributed by atoms with E-state index in [1.165, 1.54) is 0 Å². The number of guanidine groups is 1. The Morgan fingerprint density at radius 3 is 2.75 bits per heavy atom. The molecule has 0 saturated heterocycles. The maximum absolute atomic E-state index is 11.8. The first-order chi connectivity index (χ1) is 7.59. The van der Waals surface area contributed by atoms with Gasteiger partial charge in [-0.05, 0) is 12.1 Å². The third-order valence-corrected chi connectivity index (χ3v) is 2.36. The molecule has 2 rings (SSSR count). The van der Waals surface area contributed by atoms with Crippen molar-refractivity contribution in [3.63, 3.8) is 0 Å². The molecule has 5 heteroatoms. The topological polar surface area (TPSA) is 86.4 Å². The highest BCUT2D eigenvalue weighted by atomic mass is 16.1. The number of nitrogens with two attached hydrogens (primary N) is 2. The predicted molar refractivity (Wildman–Crippen MR) is 63.1 cm³/mol. The minimum Gasteiger partial charge on any atom is -0.370 e. The first kappa shape index (κ1) is 10.2. The fourth-order valence-electron chi connectivity index (χ4n) is 1.71. The predicted octanol–water partition coefficient (Wildman–Crippen LogP) is 0.592. The standard InChI is InChI=1S/C11H12N4O/c1-15-6-5-7-3-2-4-8(9(7)15)10(16)14-11(12)13/h2-6H,1H3,(H4,12,13,14,16). The van der Waals surface area contributed by atoms with Gasteiger partial charge in [0.05, 0.1) is 11.1 Å². The van der Waals surface area contributed by atoms with Crippen LogP contribution in [0.25, 0.3) is 10.9 Å². The van der Waals surface area contributed by atoms with Gasteiger partial charge in [0, 0.05) is 18.6 Å². The highest BCUT2D eigenvalue weighted by Gasteiger charge is 2.11. The second-order valence-electron chi connectivity index (χ2n) is 3.51. The number of aromatic nitrogens is 1. The fourth-order valence-corrected chi connectivity index (χ4v) is 1.71. The van der Waals surface area contributed by atoms with E-state index in [-0.39, 0.29) is 5.96 Å². The summed E-state index contributed by atoms with van der Waals surface area (Å²) < 4.78 is 1.87. The second-order valence-corrected chi connectivity index (χ2v) is 3.51. The van der Waals surface area contributed by atoms with E-state index in [9.17, 15) is 4.79 Å². The third kappa shape index (κ3) is 1.63. The second kappa shape index (κ2) is 3.69. The van der Waals surface area contributed by atoms with Crippen LogP contribution in [-0.2, 0) is 7.05 Å². The van der Waals surface area contributed by atoms with Crippen molar-refractivity contribution in [1.29, 1.82) is 0 Å². The molecule has 0 aliphatic carbocycles. The van der Waals surface area contributed by atoms with Crippen molar-refractivity contribution >= 4 is 22.8 Å². The third-order valence-electron chi connectivity index (χ3n) is 2.36. The zero-order chi connectivity index (χ0) is 11.7. The van der Waals surface area contributed by atoms with Gasteiger partial charge in [-0.15, -0.1) is 0 Å². The molecule has 1 aromatic heterocycles. The number of hydrogen-bond donors (Lipinski definition) is 2. The van der Waals surface area contributed by atoms with Crippen LogP contribution in [0.2, 0.25) is 0 Å². The lowest BCUT2D eigenvalue weighted by Gasteiger charge is -2.02. The monoisotopic (exact) mass is 216 g/mol. The molecule has 0 aliphatic rings. The van der Waals surface area contributed by atoms with Crippen LogP contribution in [0.5, 0.6) is 0 Å². The van der Waals surface area contributed by atoms with Crippen molar-refractivity contribution in [3.05, 3.63) is 36.0 Å². The minimum atomic E-state index is -0.424. The molecule has 0 saturated carbocycles. The Hall–Kier alpha value is -2.30. The summed E-state index contributed by atoms with van der Waals surface area (Å²) in [6.45, 7) is 0. The Morgan fingerprint density at radius 2 is 2.06 bits per heavy atom. The highest BCUT2D eigenvalue weighted by molar-refractivity contribution is 6.09. The zero-order valence-corrected chi connectivity index (χ0v) is 8.84. The molecular weight excluding hydrogens is 204 g/mol. The van der Waals surface area contributed by atoms with E-state index in [0.717, 1.165) is 10.9 Å². The zero-order valence-electron chi connectivity index (χ0n) is 8.84. The van der Waals surface area contributed by atoms with E-state index in [4.69, 9.17) is 11.5 Å². The summed E-state index contributed by atoms with van der Waals surface area (Å²) in [7, 11) is 1.87. The maximum atomic E-state index is 11.8. The van der Waals surface area contributed by atoms with Crippen molar-refractivity contribution in [3.8, 4) is 0 Å². The molecule has 0 atom stereocenters. The lowest BCUT2D eigenvalue weighted by molar-refractivity contribution is 0.100. The summed E-state index contributed by atoms with van der Waals surface area (Å²) in [6, 6.07) is 7.37. The van der Waals surface area contributed by atoms with Gasteiger partial charge in [0.2, 0.25) is 0 Å². The summed E-state index contributed by atoms with van der Waals surface area (Å²) in [4.78, 5) is 15.3. The molecule has 2 aromatic rings. The number of benzene rings is 1. The minimum absolute atomic E-state index is 0.226. The van der Waals surface area contributed by atoms with Gasteiger partial charge in [-0.2, -0.15) is 4.99 Å². The number of nitrogens with zero attached hydrogens (tertiary/aromatic N) is 2. The summed E-state index contributed by atoms with van der Waals surface area (Å²) in [6.07, 6.45) is 1.89. The van der Waals surface area contributed by atoms with Crippen molar-refractivity contribution < 1.29 is 4.79 Å². The molecule has 0 radical (unpaired) electrons. The van der Waals surface area contributed by atoms with Gasteiger partial charge in [0.1, 0.15) is 0 Å². The summed E-state index contributed by atoms with van der Waals surface area (Å²) >= 11 is 0. The lowest BCUT2D eigenvalue weighted by atomic mass is 10.1. The molecule has 16 heavy (non-hydrogen) atoms. The highest BCUT2D eigenvalue weighted by Crippen LogP contribution is 2.19. The Morgan fingerprint density at radius 1 is 1.31 bits per heavy atom. The molecule has 1 aromatic carbocycles. The summed E-state index contributed by atoms with van der Waals surface area (Å²) in [5.41, 5.74) is 11.7. The van der Waals surface area contributed by atoms with Gasteiger partial charge in [-0.1, -0.05) is 12.1 Å². The molecule has 1 amide bonds.